The molecule has 0 bridgehead atoms. The number of hydrogen-bond acceptors (Lipinski definition) is 4. The summed E-state index contributed by atoms with van der Waals surface area (Å²) in [5.41, 5.74) is 1.64. The van der Waals surface area contributed by atoms with Gasteiger partial charge in [0, 0.05) is 16.1 Å². The topological polar surface area (TPSA) is 50.5 Å². The zero-order chi connectivity index (χ0) is 20.5. The quantitative estimate of drug-likeness (QED) is 0.348. The molecule has 2 amide bonds. The maximum atomic E-state index is 12.7. The van der Waals surface area contributed by atoms with Crippen LogP contribution < -0.4 is 0 Å². The Morgan fingerprint density at radius 3 is 2.48 bits per heavy atom. The molecule has 1 saturated heterocycles. The fourth-order valence-electron chi connectivity index (χ4n) is 2.79. The van der Waals surface area contributed by atoms with Gasteiger partial charge in [0.15, 0.2) is 0 Å². The Morgan fingerprint density at radius 1 is 1.00 bits per heavy atom. The van der Waals surface area contributed by atoms with E-state index in [-0.39, 0.29) is 17.7 Å². The van der Waals surface area contributed by atoms with Crippen molar-refractivity contribution in [1.29, 1.82) is 0 Å². The molecule has 8 heteroatoms. The third kappa shape index (κ3) is 4.46. The van der Waals surface area contributed by atoms with Gasteiger partial charge in [-0.25, -0.2) is 0 Å². The number of amides is 2. The molecular weight excluding hydrogens is 497 g/mol. The average Bonchev–Trinajstić information content (AvgIpc) is 3.26. The molecule has 29 heavy (non-hydrogen) atoms. The van der Waals surface area contributed by atoms with Crippen molar-refractivity contribution in [2.45, 2.75) is 6.54 Å². The maximum Gasteiger partial charge on any atom is 0.293 e. The highest BCUT2D eigenvalue weighted by atomic mass is 79.9. The zero-order valence-electron chi connectivity index (χ0n) is 14.7. The van der Waals surface area contributed by atoms with Crippen molar-refractivity contribution >= 4 is 68.1 Å². The minimum atomic E-state index is -0.368. The van der Waals surface area contributed by atoms with E-state index in [9.17, 15) is 9.59 Å². The fourth-order valence-corrected chi connectivity index (χ4v) is 4.19. The summed E-state index contributed by atoms with van der Waals surface area (Å²) in [5.74, 6) is 0.814. The molecule has 0 atom stereocenters. The molecule has 0 aliphatic carbocycles. The van der Waals surface area contributed by atoms with Crippen LogP contribution in [0.1, 0.15) is 11.3 Å². The lowest BCUT2D eigenvalue weighted by Gasteiger charge is -2.12. The lowest BCUT2D eigenvalue weighted by Crippen LogP contribution is -2.27. The second kappa shape index (κ2) is 8.40. The number of hydrogen-bond donors (Lipinski definition) is 0. The van der Waals surface area contributed by atoms with Crippen LogP contribution in [-0.4, -0.2) is 16.0 Å². The first-order valence-corrected chi connectivity index (χ1v) is 10.8. The molecule has 1 fully saturated rings. The SMILES string of the molecule is O=C1S/C(=C\c2ccc(-c3ccc(Br)cc3)o2)C(=O)N1Cc1ccc(Cl)c(Cl)c1. The van der Waals surface area contributed by atoms with Gasteiger partial charge in [-0.05, 0) is 53.7 Å². The van der Waals surface area contributed by atoms with Gasteiger partial charge in [0.2, 0.25) is 0 Å². The lowest BCUT2D eigenvalue weighted by molar-refractivity contribution is -0.123. The van der Waals surface area contributed by atoms with E-state index < -0.39 is 0 Å². The van der Waals surface area contributed by atoms with Crippen LogP contribution >= 0.6 is 50.9 Å². The predicted molar refractivity (Wildman–Crippen MR) is 120 cm³/mol. The highest BCUT2D eigenvalue weighted by Gasteiger charge is 2.35. The third-order valence-corrected chi connectivity index (χ3v) is 6.40. The van der Waals surface area contributed by atoms with Crippen molar-refractivity contribution in [3.63, 3.8) is 0 Å². The number of nitrogens with zero attached hydrogens (tertiary/aromatic N) is 1. The first kappa shape index (κ1) is 20.3. The minimum absolute atomic E-state index is 0.126. The highest BCUT2D eigenvalue weighted by molar-refractivity contribution is 9.10. The van der Waals surface area contributed by atoms with Crippen LogP contribution in [0, 0.1) is 0 Å². The summed E-state index contributed by atoms with van der Waals surface area (Å²) in [6, 6.07) is 16.3. The number of rotatable bonds is 4. The van der Waals surface area contributed by atoms with E-state index in [0.717, 1.165) is 27.4 Å². The first-order valence-electron chi connectivity index (χ1n) is 8.46. The van der Waals surface area contributed by atoms with Gasteiger partial charge in [-0.15, -0.1) is 0 Å². The van der Waals surface area contributed by atoms with Gasteiger partial charge in [-0.2, -0.15) is 0 Å². The molecular formula is C21H12BrCl2NO3S. The Kier molecular flexibility index (Phi) is 5.88. The Hall–Kier alpha value is -1.99. The standard InChI is InChI=1S/C21H12BrCl2NO3S/c22-14-4-2-13(3-5-14)18-8-6-15(28-18)10-19-20(26)25(21(27)29-19)11-12-1-7-16(23)17(24)9-12/h1-10H,11H2/b19-10-. The highest BCUT2D eigenvalue weighted by Crippen LogP contribution is 2.35. The minimum Gasteiger partial charge on any atom is -0.457 e. The number of benzene rings is 2. The summed E-state index contributed by atoms with van der Waals surface area (Å²) in [7, 11) is 0. The number of imide groups is 1. The van der Waals surface area contributed by atoms with Crippen molar-refractivity contribution in [3.05, 3.63) is 85.3 Å². The van der Waals surface area contributed by atoms with Crippen molar-refractivity contribution in [1.82, 2.24) is 4.90 Å². The van der Waals surface area contributed by atoms with Crippen molar-refractivity contribution < 1.29 is 14.0 Å². The monoisotopic (exact) mass is 507 g/mol. The third-order valence-electron chi connectivity index (χ3n) is 4.23. The summed E-state index contributed by atoms with van der Waals surface area (Å²) in [5, 5.41) is 0.457. The summed E-state index contributed by atoms with van der Waals surface area (Å²) < 4.78 is 6.79. The van der Waals surface area contributed by atoms with E-state index in [4.69, 9.17) is 27.6 Å². The molecule has 1 aliphatic rings. The van der Waals surface area contributed by atoms with E-state index >= 15 is 0 Å². The Bertz CT molecular complexity index is 1140. The summed E-state index contributed by atoms with van der Waals surface area (Å²) in [6.45, 7) is 0.126. The summed E-state index contributed by atoms with van der Waals surface area (Å²) >= 11 is 16.2. The Balaban J connectivity index is 1.53. The number of carbonyl (C=O) groups excluding carboxylic acids is 2. The molecule has 146 valence electrons. The normalized spacial score (nSPS) is 15.6. The lowest BCUT2D eigenvalue weighted by atomic mass is 10.2. The summed E-state index contributed by atoms with van der Waals surface area (Å²) in [6.07, 6.45) is 1.59. The van der Waals surface area contributed by atoms with Gasteiger partial charge in [0.1, 0.15) is 11.5 Å². The first-order chi connectivity index (χ1) is 13.9. The molecule has 1 aromatic heterocycles. The average molecular weight is 509 g/mol. The van der Waals surface area contributed by atoms with E-state index in [1.54, 1.807) is 30.3 Å². The van der Waals surface area contributed by atoms with Crippen LogP contribution in [0.4, 0.5) is 4.79 Å². The largest absolute Gasteiger partial charge is 0.457 e. The molecule has 0 spiro atoms. The second-order valence-electron chi connectivity index (χ2n) is 6.23. The van der Waals surface area contributed by atoms with Crippen LogP contribution in [0.25, 0.3) is 17.4 Å². The summed E-state index contributed by atoms with van der Waals surface area (Å²) in [4.78, 5) is 26.5. The van der Waals surface area contributed by atoms with Gasteiger partial charge < -0.3 is 4.42 Å². The molecule has 0 saturated carbocycles. The molecule has 4 nitrogen and oxygen atoms in total. The van der Waals surface area contributed by atoms with Crippen LogP contribution in [-0.2, 0) is 11.3 Å². The molecule has 1 aliphatic heterocycles. The fraction of sp³-hybridized carbons (Fsp3) is 0.0476. The van der Waals surface area contributed by atoms with Crippen LogP contribution in [0.3, 0.4) is 0 Å². The van der Waals surface area contributed by atoms with Gasteiger partial charge >= 0.3 is 0 Å². The smallest absolute Gasteiger partial charge is 0.293 e. The molecule has 2 aromatic carbocycles. The number of thioether (sulfide) groups is 1. The van der Waals surface area contributed by atoms with Gasteiger partial charge in [-0.1, -0.05) is 57.3 Å². The molecule has 0 unspecified atom stereocenters. The van der Waals surface area contributed by atoms with Gasteiger partial charge in [-0.3, -0.25) is 14.5 Å². The van der Waals surface area contributed by atoms with Gasteiger partial charge in [0.25, 0.3) is 11.1 Å². The van der Waals surface area contributed by atoms with E-state index in [1.807, 2.05) is 30.3 Å². The zero-order valence-corrected chi connectivity index (χ0v) is 18.6. The van der Waals surface area contributed by atoms with E-state index in [2.05, 4.69) is 15.9 Å². The van der Waals surface area contributed by atoms with Crippen molar-refractivity contribution in [2.75, 3.05) is 0 Å². The molecule has 0 radical (unpaired) electrons. The van der Waals surface area contributed by atoms with Crippen LogP contribution in [0.2, 0.25) is 10.0 Å². The van der Waals surface area contributed by atoms with Crippen LogP contribution in [0.15, 0.2) is 68.4 Å². The second-order valence-corrected chi connectivity index (χ2v) is 8.95. The number of furan rings is 1. The predicted octanol–water partition coefficient (Wildman–Crippen LogP) is 7.25. The number of halogens is 3. The molecule has 0 N–H and O–H groups in total. The molecule has 2 heterocycles. The van der Waals surface area contributed by atoms with E-state index in [0.29, 0.717) is 26.5 Å². The van der Waals surface area contributed by atoms with Crippen LogP contribution in [0.5, 0.6) is 0 Å². The Morgan fingerprint density at radius 2 is 1.76 bits per heavy atom. The number of carbonyl (C=O) groups is 2. The molecule has 4 rings (SSSR count). The van der Waals surface area contributed by atoms with E-state index in [1.165, 1.54) is 4.90 Å². The maximum absolute atomic E-state index is 12.7. The van der Waals surface area contributed by atoms with Crippen molar-refractivity contribution in [3.8, 4) is 11.3 Å². The van der Waals surface area contributed by atoms with Crippen molar-refractivity contribution in [2.24, 2.45) is 0 Å². The molecule has 3 aromatic rings. The Labute approximate surface area is 189 Å². The van der Waals surface area contributed by atoms with Gasteiger partial charge in [0.05, 0.1) is 21.5 Å².